The Hall–Kier alpha value is -0.633. The molecular weight excluding hydrogens is 200 g/mol. The summed E-state index contributed by atoms with van der Waals surface area (Å²) in [6.45, 7) is 13.2. The van der Waals surface area contributed by atoms with Crippen LogP contribution < -0.4 is 0 Å². The predicted octanol–water partition coefficient (Wildman–Crippen LogP) is 3.35. The van der Waals surface area contributed by atoms with Gasteiger partial charge in [-0.25, -0.2) is 0 Å². The van der Waals surface area contributed by atoms with Crippen molar-refractivity contribution in [2.45, 2.75) is 39.4 Å². The van der Waals surface area contributed by atoms with Gasteiger partial charge in [0.15, 0.2) is 0 Å². The van der Waals surface area contributed by atoms with Gasteiger partial charge < -0.3 is 0 Å². The topological polar surface area (TPSA) is 17.1 Å². The molecular formula is C13H20OSi. The van der Waals surface area contributed by atoms with E-state index >= 15 is 0 Å². The maximum atomic E-state index is 11.8. The number of allylic oxidation sites excluding steroid dienone is 3. The maximum Gasteiger partial charge on any atom is 0.140 e. The van der Waals surface area contributed by atoms with E-state index in [2.05, 4.69) is 33.1 Å². The van der Waals surface area contributed by atoms with Crippen LogP contribution in [0.25, 0.3) is 0 Å². The molecule has 0 heterocycles. The fourth-order valence-electron chi connectivity index (χ4n) is 3.24. The van der Waals surface area contributed by atoms with Crippen molar-refractivity contribution in [1.82, 2.24) is 0 Å². The molecule has 0 aliphatic heterocycles. The lowest BCUT2D eigenvalue weighted by molar-refractivity contribution is -0.120. The maximum absolute atomic E-state index is 11.8. The minimum absolute atomic E-state index is 0.240. The summed E-state index contributed by atoms with van der Waals surface area (Å²) in [5, 5.41) is 1.63. The van der Waals surface area contributed by atoms with Gasteiger partial charge in [0, 0.05) is 12.3 Å². The zero-order valence-electron chi connectivity index (χ0n) is 10.2. The van der Waals surface area contributed by atoms with E-state index in [-0.39, 0.29) is 5.92 Å². The molecule has 0 radical (unpaired) electrons. The van der Waals surface area contributed by atoms with E-state index in [9.17, 15) is 4.79 Å². The van der Waals surface area contributed by atoms with E-state index in [0.29, 0.717) is 11.7 Å². The fourth-order valence-corrected chi connectivity index (χ4v) is 5.84. The number of rotatable bonds is 2. The van der Waals surface area contributed by atoms with Gasteiger partial charge in [0.25, 0.3) is 0 Å². The van der Waals surface area contributed by atoms with E-state index in [1.165, 1.54) is 5.57 Å². The van der Waals surface area contributed by atoms with Gasteiger partial charge in [0.05, 0.1) is 8.07 Å². The molecule has 2 aliphatic rings. The van der Waals surface area contributed by atoms with Crippen LogP contribution in [-0.2, 0) is 4.79 Å². The van der Waals surface area contributed by atoms with Crippen LogP contribution in [0.2, 0.25) is 19.6 Å². The van der Waals surface area contributed by atoms with Gasteiger partial charge in [-0.2, -0.15) is 0 Å². The summed E-state index contributed by atoms with van der Waals surface area (Å²) in [6.07, 6.45) is 1.89. The normalized spacial score (nSPS) is 30.3. The van der Waals surface area contributed by atoms with Crippen molar-refractivity contribution in [3.8, 4) is 0 Å². The van der Waals surface area contributed by atoms with Gasteiger partial charge in [-0.3, -0.25) is 4.79 Å². The average molecular weight is 220 g/mol. The Morgan fingerprint density at radius 1 is 1.40 bits per heavy atom. The van der Waals surface area contributed by atoms with Gasteiger partial charge in [0.2, 0.25) is 0 Å². The molecule has 0 N–H and O–H groups in total. The number of hydrogen-bond donors (Lipinski definition) is 0. The lowest BCUT2D eigenvalue weighted by atomic mass is 9.73. The molecule has 1 nitrogen and oxygen atoms in total. The first-order valence-electron chi connectivity index (χ1n) is 5.77. The highest BCUT2D eigenvalue weighted by molar-refractivity contribution is 6.83. The smallest absolute Gasteiger partial charge is 0.140 e. The Labute approximate surface area is 93.3 Å². The fraction of sp³-hybridized carbons (Fsp3) is 0.615. The Morgan fingerprint density at radius 3 is 2.47 bits per heavy atom. The number of carbonyl (C=O) groups excluding carboxylic acids is 1. The van der Waals surface area contributed by atoms with Crippen molar-refractivity contribution in [1.29, 1.82) is 0 Å². The first-order valence-corrected chi connectivity index (χ1v) is 9.27. The SMILES string of the molecule is C=C(C)C1=C([Si](C)(C)C)C2CCC(=O)C12. The van der Waals surface area contributed by atoms with E-state index in [0.717, 1.165) is 18.4 Å². The summed E-state index contributed by atoms with van der Waals surface area (Å²) in [6, 6.07) is 0. The lowest BCUT2D eigenvalue weighted by Crippen LogP contribution is -2.42. The molecule has 2 heteroatoms. The molecule has 0 aromatic carbocycles. The summed E-state index contributed by atoms with van der Waals surface area (Å²) in [7, 11) is -1.25. The summed E-state index contributed by atoms with van der Waals surface area (Å²) in [4.78, 5) is 11.8. The number of Topliss-reactive ketones (excluding diaryl/α,β-unsaturated/α-hetero) is 1. The zero-order valence-corrected chi connectivity index (χ0v) is 11.2. The summed E-state index contributed by atoms with van der Waals surface area (Å²) in [5.74, 6) is 1.29. The second-order valence-electron chi connectivity index (χ2n) is 5.95. The first kappa shape index (κ1) is 10.9. The molecule has 1 fully saturated rings. The van der Waals surface area contributed by atoms with Gasteiger partial charge in [-0.05, 0) is 24.8 Å². The first-order chi connectivity index (χ1) is 6.84. The second-order valence-corrected chi connectivity index (χ2v) is 11.0. The van der Waals surface area contributed by atoms with Crippen LogP contribution in [0.3, 0.4) is 0 Å². The largest absolute Gasteiger partial charge is 0.299 e. The van der Waals surface area contributed by atoms with Gasteiger partial charge in [-0.1, -0.05) is 37.0 Å². The third kappa shape index (κ3) is 1.46. The molecule has 0 amide bonds. The quantitative estimate of drug-likeness (QED) is 0.652. The molecule has 15 heavy (non-hydrogen) atoms. The molecule has 0 spiro atoms. The minimum Gasteiger partial charge on any atom is -0.299 e. The Kier molecular flexibility index (Phi) is 2.30. The highest BCUT2D eigenvalue weighted by Gasteiger charge is 2.51. The molecule has 0 aromatic rings. The van der Waals surface area contributed by atoms with Crippen molar-refractivity contribution in [2.24, 2.45) is 11.8 Å². The Morgan fingerprint density at radius 2 is 2.00 bits per heavy atom. The zero-order chi connectivity index (χ0) is 11.4. The van der Waals surface area contributed by atoms with Crippen molar-refractivity contribution in [2.75, 3.05) is 0 Å². The highest BCUT2D eigenvalue weighted by atomic mass is 28.3. The molecule has 1 saturated carbocycles. The van der Waals surface area contributed by atoms with Crippen LogP contribution in [0.5, 0.6) is 0 Å². The van der Waals surface area contributed by atoms with Crippen molar-refractivity contribution in [3.05, 3.63) is 22.9 Å². The average Bonchev–Trinajstić information content (AvgIpc) is 2.23. The van der Waals surface area contributed by atoms with Crippen LogP contribution >= 0.6 is 0 Å². The third-order valence-electron chi connectivity index (χ3n) is 3.69. The van der Waals surface area contributed by atoms with E-state index in [1.54, 1.807) is 5.20 Å². The molecule has 0 saturated heterocycles. The summed E-state index contributed by atoms with van der Waals surface area (Å²) < 4.78 is 0. The monoisotopic (exact) mass is 220 g/mol. The summed E-state index contributed by atoms with van der Waals surface area (Å²) in [5.41, 5.74) is 2.46. The molecule has 0 bridgehead atoms. The van der Waals surface area contributed by atoms with Gasteiger partial charge in [-0.15, -0.1) is 0 Å². The van der Waals surface area contributed by atoms with Crippen LogP contribution in [-0.4, -0.2) is 13.9 Å². The van der Waals surface area contributed by atoms with E-state index in [4.69, 9.17) is 0 Å². The molecule has 2 unspecified atom stereocenters. The minimum atomic E-state index is -1.25. The highest BCUT2D eigenvalue weighted by Crippen LogP contribution is 2.54. The number of ketones is 1. The molecule has 0 aromatic heterocycles. The second kappa shape index (κ2) is 3.18. The number of fused-ring (bicyclic) bond motifs is 1. The number of carbonyl (C=O) groups is 1. The Bertz CT molecular complexity index is 370. The third-order valence-corrected chi connectivity index (χ3v) is 5.95. The lowest BCUT2D eigenvalue weighted by Gasteiger charge is -2.43. The van der Waals surface area contributed by atoms with Crippen LogP contribution in [0.1, 0.15) is 19.8 Å². The Balaban J connectivity index is 2.46. The predicted molar refractivity (Wildman–Crippen MR) is 66.4 cm³/mol. The van der Waals surface area contributed by atoms with Gasteiger partial charge in [0.1, 0.15) is 5.78 Å². The molecule has 82 valence electrons. The molecule has 2 aliphatic carbocycles. The van der Waals surface area contributed by atoms with E-state index < -0.39 is 8.07 Å². The van der Waals surface area contributed by atoms with Crippen LogP contribution in [0.15, 0.2) is 22.9 Å². The number of hydrogen-bond acceptors (Lipinski definition) is 1. The van der Waals surface area contributed by atoms with Gasteiger partial charge >= 0.3 is 0 Å². The molecule has 2 atom stereocenters. The van der Waals surface area contributed by atoms with Crippen LogP contribution in [0, 0.1) is 11.8 Å². The van der Waals surface area contributed by atoms with Crippen molar-refractivity contribution < 1.29 is 4.79 Å². The van der Waals surface area contributed by atoms with Crippen molar-refractivity contribution >= 4 is 13.9 Å². The standard InChI is InChI=1S/C13H20OSi/c1-8(2)11-12-9(6-7-10(12)14)13(11)15(3,4)5/h9,12H,1,6-7H2,2-5H3. The van der Waals surface area contributed by atoms with Crippen molar-refractivity contribution in [3.63, 3.8) is 0 Å². The summed E-state index contributed by atoms with van der Waals surface area (Å²) >= 11 is 0. The van der Waals surface area contributed by atoms with E-state index in [1.807, 2.05) is 0 Å². The van der Waals surface area contributed by atoms with Crippen LogP contribution in [0.4, 0.5) is 0 Å². The molecule has 2 rings (SSSR count).